The molecule has 0 aromatic heterocycles. The molecule has 114 valence electrons. The standard InChI is InChI=1S/C15H19ClN2O3/c1-9(19)17-5-4-11-8-18(10(2)20)14-7-13(16)15(21-3)6-12(11)14/h6-7,11H,4-5,8H2,1-3H3,(H,17,19). The fraction of sp³-hybridized carbons (Fsp3) is 0.467. The lowest BCUT2D eigenvalue weighted by Crippen LogP contribution is -2.28. The van der Waals surface area contributed by atoms with Crippen molar-refractivity contribution < 1.29 is 14.3 Å². The zero-order chi connectivity index (χ0) is 15.6. The molecule has 0 radical (unpaired) electrons. The number of anilines is 1. The third kappa shape index (κ3) is 3.29. The molecule has 0 spiro atoms. The van der Waals surface area contributed by atoms with Gasteiger partial charge in [0.05, 0.1) is 12.1 Å². The van der Waals surface area contributed by atoms with E-state index in [1.165, 1.54) is 13.8 Å². The summed E-state index contributed by atoms with van der Waals surface area (Å²) in [6.07, 6.45) is 0.765. The Kier molecular flexibility index (Phi) is 4.73. The lowest BCUT2D eigenvalue weighted by Gasteiger charge is -2.15. The van der Waals surface area contributed by atoms with E-state index < -0.39 is 0 Å². The SMILES string of the molecule is COc1cc2c(cc1Cl)N(C(C)=O)CC2CCNC(C)=O. The number of nitrogens with one attached hydrogen (secondary N) is 1. The molecule has 1 aromatic rings. The first kappa shape index (κ1) is 15.6. The van der Waals surface area contributed by atoms with Gasteiger partial charge < -0.3 is 15.0 Å². The number of hydrogen-bond acceptors (Lipinski definition) is 3. The number of fused-ring (bicyclic) bond motifs is 1. The van der Waals surface area contributed by atoms with Crippen molar-refractivity contribution in [1.29, 1.82) is 0 Å². The summed E-state index contributed by atoms with van der Waals surface area (Å²) in [6, 6.07) is 3.66. The van der Waals surface area contributed by atoms with Gasteiger partial charge in [-0.3, -0.25) is 9.59 Å². The third-order valence-electron chi connectivity index (χ3n) is 3.68. The maximum absolute atomic E-state index is 11.8. The average molecular weight is 311 g/mol. The molecule has 2 amide bonds. The molecule has 1 heterocycles. The van der Waals surface area contributed by atoms with Crippen LogP contribution < -0.4 is 15.0 Å². The van der Waals surface area contributed by atoms with E-state index in [-0.39, 0.29) is 17.7 Å². The summed E-state index contributed by atoms with van der Waals surface area (Å²) in [5.41, 5.74) is 1.87. The van der Waals surface area contributed by atoms with Gasteiger partial charge in [0, 0.05) is 38.5 Å². The number of carbonyl (C=O) groups is 2. The Morgan fingerprint density at radius 2 is 2.14 bits per heavy atom. The predicted molar refractivity (Wildman–Crippen MR) is 82.1 cm³/mol. The van der Waals surface area contributed by atoms with E-state index in [0.717, 1.165) is 17.7 Å². The Morgan fingerprint density at radius 3 is 2.71 bits per heavy atom. The number of ether oxygens (including phenoxy) is 1. The average Bonchev–Trinajstić information content (AvgIpc) is 2.75. The maximum atomic E-state index is 11.8. The minimum atomic E-state index is -0.0506. The lowest BCUT2D eigenvalue weighted by atomic mass is 9.97. The van der Waals surface area contributed by atoms with Crippen molar-refractivity contribution in [3.05, 3.63) is 22.7 Å². The van der Waals surface area contributed by atoms with Crippen molar-refractivity contribution in [2.75, 3.05) is 25.1 Å². The molecule has 0 aliphatic carbocycles. The summed E-state index contributed by atoms with van der Waals surface area (Å²) >= 11 is 6.15. The number of rotatable bonds is 4. The quantitative estimate of drug-likeness (QED) is 0.928. The highest BCUT2D eigenvalue weighted by atomic mass is 35.5. The van der Waals surface area contributed by atoms with E-state index in [1.54, 1.807) is 18.1 Å². The monoisotopic (exact) mass is 310 g/mol. The highest BCUT2D eigenvalue weighted by molar-refractivity contribution is 6.32. The molecular weight excluding hydrogens is 292 g/mol. The van der Waals surface area contributed by atoms with Gasteiger partial charge >= 0.3 is 0 Å². The largest absolute Gasteiger partial charge is 0.495 e. The van der Waals surface area contributed by atoms with E-state index in [1.807, 2.05) is 6.07 Å². The summed E-state index contributed by atoms with van der Waals surface area (Å²) < 4.78 is 5.25. The predicted octanol–water partition coefficient (Wildman–Crippen LogP) is 2.32. The molecule has 1 aliphatic heterocycles. The van der Waals surface area contributed by atoms with E-state index in [2.05, 4.69) is 5.32 Å². The van der Waals surface area contributed by atoms with Crippen LogP contribution in [0.25, 0.3) is 0 Å². The van der Waals surface area contributed by atoms with Gasteiger partial charge in [-0.2, -0.15) is 0 Å². The van der Waals surface area contributed by atoms with Crippen LogP contribution >= 0.6 is 11.6 Å². The fourth-order valence-electron chi connectivity index (χ4n) is 2.66. The first-order valence-electron chi connectivity index (χ1n) is 6.84. The van der Waals surface area contributed by atoms with Gasteiger partial charge in [-0.1, -0.05) is 11.6 Å². The second-order valence-electron chi connectivity index (χ2n) is 5.14. The molecule has 1 unspecified atom stereocenters. The normalized spacial score (nSPS) is 16.6. The van der Waals surface area contributed by atoms with Crippen molar-refractivity contribution in [2.24, 2.45) is 0 Å². The molecule has 5 nitrogen and oxygen atoms in total. The lowest BCUT2D eigenvalue weighted by molar-refractivity contribution is -0.119. The van der Waals surface area contributed by atoms with E-state index >= 15 is 0 Å². The molecule has 1 aromatic carbocycles. The summed E-state index contributed by atoms with van der Waals surface area (Å²) in [5.74, 6) is 0.706. The van der Waals surface area contributed by atoms with Crippen LogP contribution in [0.3, 0.4) is 0 Å². The summed E-state index contributed by atoms with van der Waals surface area (Å²) in [6.45, 7) is 4.22. The van der Waals surface area contributed by atoms with Crippen LogP contribution in [0.1, 0.15) is 31.7 Å². The van der Waals surface area contributed by atoms with Gasteiger partial charge in [0.1, 0.15) is 5.75 Å². The van der Waals surface area contributed by atoms with Crippen molar-refractivity contribution in [3.63, 3.8) is 0 Å². The molecule has 6 heteroatoms. The van der Waals surface area contributed by atoms with Gasteiger partial charge in [-0.05, 0) is 24.1 Å². The van der Waals surface area contributed by atoms with Crippen molar-refractivity contribution in [2.45, 2.75) is 26.2 Å². The van der Waals surface area contributed by atoms with Gasteiger partial charge in [-0.25, -0.2) is 0 Å². The molecule has 0 saturated carbocycles. The van der Waals surface area contributed by atoms with Crippen molar-refractivity contribution in [3.8, 4) is 5.75 Å². The number of benzene rings is 1. The first-order valence-corrected chi connectivity index (χ1v) is 7.21. The summed E-state index contributed by atoms with van der Waals surface area (Å²) in [7, 11) is 1.57. The molecule has 1 N–H and O–H groups in total. The number of methoxy groups -OCH3 is 1. The minimum absolute atomic E-state index is 0.0143. The Bertz CT molecular complexity index is 574. The summed E-state index contributed by atoms with van der Waals surface area (Å²) in [4.78, 5) is 24.5. The Balaban J connectivity index is 2.28. The van der Waals surface area contributed by atoms with Gasteiger partial charge in [0.15, 0.2) is 0 Å². The summed E-state index contributed by atoms with van der Waals surface area (Å²) in [5, 5.41) is 3.28. The third-order valence-corrected chi connectivity index (χ3v) is 3.98. The molecule has 21 heavy (non-hydrogen) atoms. The van der Waals surface area contributed by atoms with Gasteiger partial charge in [-0.15, -0.1) is 0 Å². The van der Waals surface area contributed by atoms with E-state index in [0.29, 0.717) is 23.9 Å². The zero-order valence-corrected chi connectivity index (χ0v) is 13.2. The van der Waals surface area contributed by atoms with E-state index in [9.17, 15) is 9.59 Å². The number of halogens is 1. The first-order chi connectivity index (χ1) is 9.93. The number of carbonyl (C=O) groups excluding carboxylic acids is 2. The second-order valence-corrected chi connectivity index (χ2v) is 5.55. The van der Waals surface area contributed by atoms with Crippen molar-refractivity contribution in [1.82, 2.24) is 5.32 Å². The highest BCUT2D eigenvalue weighted by Crippen LogP contribution is 2.43. The Morgan fingerprint density at radius 1 is 1.43 bits per heavy atom. The number of amides is 2. The molecule has 2 rings (SSSR count). The molecule has 0 saturated heterocycles. The molecule has 0 fully saturated rings. The van der Waals surface area contributed by atoms with E-state index in [4.69, 9.17) is 16.3 Å². The number of hydrogen-bond donors (Lipinski definition) is 1. The van der Waals surface area contributed by atoms with Crippen LogP contribution in [-0.4, -0.2) is 32.0 Å². The fourth-order valence-corrected chi connectivity index (χ4v) is 2.90. The Hall–Kier alpha value is -1.75. The van der Waals surface area contributed by atoms with Crippen LogP contribution in [0.4, 0.5) is 5.69 Å². The van der Waals surface area contributed by atoms with Crippen LogP contribution in [0, 0.1) is 0 Å². The topological polar surface area (TPSA) is 58.6 Å². The minimum Gasteiger partial charge on any atom is -0.495 e. The highest BCUT2D eigenvalue weighted by Gasteiger charge is 2.31. The van der Waals surface area contributed by atoms with Gasteiger partial charge in [0.25, 0.3) is 0 Å². The van der Waals surface area contributed by atoms with Crippen LogP contribution in [0.15, 0.2) is 12.1 Å². The number of nitrogens with zero attached hydrogens (tertiary/aromatic N) is 1. The molecule has 0 bridgehead atoms. The Labute approximate surface area is 129 Å². The smallest absolute Gasteiger partial charge is 0.223 e. The molecule has 1 atom stereocenters. The second kappa shape index (κ2) is 6.35. The molecule has 1 aliphatic rings. The van der Waals surface area contributed by atoms with Crippen molar-refractivity contribution >= 4 is 29.1 Å². The maximum Gasteiger partial charge on any atom is 0.223 e. The zero-order valence-electron chi connectivity index (χ0n) is 12.4. The van der Waals surface area contributed by atoms with Crippen LogP contribution in [0.2, 0.25) is 5.02 Å². The molecular formula is C15H19ClN2O3. The van der Waals surface area contributed by atoms with Crippen LogP contribution in [0.5, 0.6) is 5.75 Å². The van der Waals surface area contributed by atoms with Crippen LogP contribution in [-0.2, 0) is 9.59 Å². The van der Waals surface area contributed by atoms with Gasteiger partial charge in [0.2, 0.25) is 11.8 Å².